The third-order valence-electron chi connectivity index (χ3n) is 4.93. The van der Waals surface area contributed by atoms with E-state index in [9.17, 15) is 4.79 Å². The lowest BCUT2D eigenvalue weighted by molar-refractivity contribution is 0.235. The van der Waals surface area contributed by atoms with Crippen LogP contribution >= 0.6 is 0 Å². The minimum Gasteiger partial charge on any atom is -0.493 e. The van der Waals surface area contributed by atoms with Crippen molar-refractivity contribution in [2.24, 2.45) is 0 Å². The van der Waals surface area contributed by atoms with Crippen LogP contribution in [-0.4, -0.2) is 21.3 Å². The molecule has 0 unspecified atom stereocenters. The SMILES string of the molecule is COc1cc(-c2ccc3oc(OCc4ccccc4)cc(=O)c3c2)cc(OC)c1OC. The van der Waals surface area contributed by atoms with Crippen LogP contribution in [0.4, 0.5) is 0 Å². The molecule has 4 aromatic rings. The number of rotatable bonds is 7. The van der Waals surface area contributed by atoms with Gasteiger partial charge in [0, 0.05) is 0 Å². The fourth-order valence-electron chi connectivity index (χ4n) is 3.36. The summed E-state index contributed by atoms with van der Waals surface area (Å²) in [4.78, 5) is 12.7. The molecule has 158 valence electrons. The summed E-state index contributed by atoms with van der Waals surface area (Å²) in [6, 6.07) is 20.1. The van der Waals surface area contributed by atoms with Gasteiger partial charge < -0.3 is 23.4 Å². The number of methoxy groups -OCH3 is 3. The highest BCUT2D eigenvalue weighted by atomic mass is 16.6. The van der Waals surface area contributed by atoms with E-state index in [0.717, 1.165) is 16.7 Å². The van der Waals surface area contributed by atoms with Gasteiger partial charge in [-0.1, -0.05) is 36.4 Å². The first-order valence-electron chi connectivity index (χ1n) is 9.68. The predicted molar refractivity (Wildman–Crippen MR) is 118 cm³/mol. The number of ether oxygens (including phenoxy) is 4. The Bertz CT molecular complexity index is 1240. The number of benzene rings is 3. The molecule has 0 aliphatic heterocycles. The van der Waals surface area contributed by atoms with Crippen molar-refractivity contribution >= 4 is 11.0 Å². The van der Waals surface area contributed by atoms with Crippen molar-refractivity contribution in [3.05, 3.63) is 82.5 Å². The van der Waals surface area contributed by atoms with E-state index in [1.165, 1.54) is 6.07 Å². The minimum absolute atomic E-state index is 0.182. The lowest BCUT2D eigenvalue weighted by Crippen LogP contribution is -2.03. The summed E-state index contributed by atoms with van der Waals surface area (Å²) in [5.74, 6) is 1.76. The first-order valence-corrected chi connectivity index (χ1v) is 9.68. The number of hydrogen-bond donors (Lipinski definition) is 0. The van der Waals surface area contributed by atoms with Crippen LogP contribution in [0.15, 0.2) is 75.9 Å². The van der Waals surface area contributed by atoms with Gasteiger partial charge in [-0.3, -0.25) is 4.79 Å². The second-order valence-corrected chi connectivity index (χ2v) is 6.83. The molecule has 0 aliphatic carbocycles. The van der Waals surface area contributed by atoms with Crippen LogP contribution in [-0.2, 0) is 6.61 Å². The summed E-state index contributed by atoms with van der Waals surface area (Å²) < 4.78 is 27.7. The Balaban J connectivity index is 1.69. The Kier molecular flexibility index (Phi) is 5.80. The summed E-state index contributed by atoms with van der Waals surface area (Å²) in [5, 5.41) is 0.457. The third-order valence-corrected chi connectivity index (χ3v) is 4.93. The average Bonchev–Trinajstić information content (AvgIpc) is 2.82. The molecule has 0 fully saturated rings. The third kappa shape index (κ3) is 4.19. The first kappa shape index (κ1) is 20.3. The molecule has 31 heavy (non-hydrogen) atoms. The molecule has 1 heterocycles. The Morgan fingerprint density at radius 2 is 1.48 bits per heavy atom. The van der Waals surface area contributed by atoms with Gasteiger partial charge in [0.05, 0.1) is 32.8 Å². The van der Waals surface area contributed by atoms with Crippen LogP contribution in [0.25, 0.3) is 22.1 Å². The van der Waals surface area contributed by atoms with Crippen molar-refractivity contribution in [2.45, 2.75) is 6.61 Å². The largest absolute Gasteiger partial charge is 0.493 e. The maximum Gasteiger partial charge on any atom is 0.289 e. The van der Waals surface area contributed by atoms with Crippen LogP contribution in [0.3, 0.4) is 0 Å². The van der Waals surface area contributed by atoms with Gasteiger partial charge in [0.15, 0.2) is 16.9 Å². The van der Waals surface area contributed by atoms with Gasteiger partial charge in [0.25, 0.3) is 5.95 Å². The molecule has 0 saturated carbocycles. The summed E-state index contributed by atoms with van der Waals surface area (Å²) in [6.07, 6.45) is 0. The molecule has 1 aromatic heterocycles. The Labute approximate surface area is 179 Å². The Morgan fingerprint density at radius 3 is 2.13 bits per heavy atom. The Morgan fingerprint density at radius 1 is 0.774 bits per heavy atom. The van der Waals surface area contributed by atoms with Crippen molar-refractivity contribution in [3.8, 4) is 34.3 Å². The van der Waals surface area contributed by atoms with Gasteiger partial charge >= 0.3 is 0 Å². The zero-order chi connectivity index (χ0) is 21.8. The molecular formula is C25H22O6. The van der Waals surface area contributed by atoms with Crippen LogP contribution in [0.1, 0.15) is 5.56 Å². The van der Waals surface area contributed by atoms with Crippen LogP contribution in [0, 0.1) is 0 Å². The van der Waals surface area contributed by atoms with Crippen molar-refractivity contribution in [1.82, 2.24) is 0 Å². The van der Waals surface area contributed by atoms with E-state index in [4.69, 9.17) is 23.4 Å². The van der Waals surface area contributed by atoms with Crippen molar-refractivity contribution in [3.63, 3.8) is 0 Å². The van der Waals surface area contributed by atoms with Gasteiger partial charge in [0.2, 0.25) is 5.75 Å². The highest BCUT2D eigenvalue weighted by Gasteiger charge is 2.15. The highest BCUT2D eigenvalue weighted by molar-refractivity contribution is 5.84. The van der Waals surface area contributed by atoms with Crippen molar-refractivity contribution in [1.29, 1.82) is 0 Å². The summed E-state index contributed by atoms with van der Waals surface area (Å²) >= 11 is 0. The van der Waals surface area contributed by atoms with Crippen LogP contribution in [0.2, 0.25) is 0 Å². The molecule has 0 saturated heterocycles. The molecule has 0 bridgehead atoms. The smallest absolute Gasteiger partial charge is 0.289 e. The van der Waals surface area contributed by atoms with Crippen LogP contribution in [0.5, 0.6) is 23.2 Å². The molecule has 0 N–H and O–H groups in total. The van der Waals surface area contributed by atoms with E-state index >= 15 is 0 Å². The quantitative estimate of drug-likeness (QED) is 0.418. The highest BCUT2D eigenvalue weighted by Crippen LogP contribution is 2.41. The van der Waals surface area contributed by atoms with Crippen molar-refractivity contribution in [2.75, 3.05) is 21.3 Å². The van der Waals surface area contributed by atoms with Crippen molar-refractivity contribution < 1.29 is 23.4 Å². The van der Waals surface area contributed by atoms with E-state index in [2.05, 4.69) is 0 Å². The van der Waals surface area contributed by atoms with Gasteiger partial charge in [-0.05, 0) is 41.0 Å². The topological polar surface area (TPSA) is 67.1 Å². The zero-order valence-electron chi connectivity index (χ0n) is 17.5. The maximum atomic E-state index is 12.7. The molecule has 6 nitrogen and oxygen atoms in total. The Hall–Kier alpha value is -3.93. The fraction of sp³-hybridized carbons (Fsp3) is 0.160. The lowest BCUT2D eigenvalue weighted by atomic mass is 10.0. The standard InChI is InChI=1S/C25H22O6/c1-27-22-12-18(13-23(28-2)25(22)29-3)17-9-10-21-19(11-17)20(26)14-24(31-21)30-15-16-7-5-4-6-8-16/h4-14H,15H2,1-3H3. The van der Waals surface area contributed by atoms with E-state index in [-0.39, 0.29) is 11.4 Å². The molecule has 4 rings (SSSR count). The molecule has 3 aromatic carbocycles. The molecule has 6 heteroatoms. The molecule has 0 amide bonds. The molecule has 0 atom stereocenters. The van der Waals surface area contributed by atoms with E-state index in [1.54, 1.807) is 33.5 Å². The molecule has 0 aliphatic rings. The predicted octanol–water partition coefficient (Wildman–Crippen LogP) is 5.06. The maximum absolute atomic E-state index is 12.7. The van der Waals surface area contributed by atoms with Gasteiger partial charge in [-0.15, -0.1) is 0 Å². The number of hydrogen-bond acceptors (Lipinski definition) is 6. The van der Waals surface area contributed by atoms with E-state index < -0.39 is 0 Å². The summed E-state index contributed by atoms with van der Waals surface area (Å²) in [6.45, 7) is 0.318. The fourth-order valence-corrected chi connectivity index (χ4v) is 3.36. The zero-order valence-corrected chi connectivity index (χ0v) is 17.5. The average molecular weight is 418 g/mol. The molecule has 0 radical (unpaired) electrons. The van der Waals surface area contributed by atoms with E-state index in [1.807, 2.05) is 48.5 Å². The molecular weight excluding hydrogens is 396 g/mol. The summed E-state index contributed by atoms with van der Waals surface area (Å²) in [7, 11) is 4.68. The summed E-state index contributed by atoms with van der Waals surface area (Å²) in [5.41, 5.74) is 2.89. The first-order chi connectivity index (χ1) is 15.1. The lowest BCUT2D eigenvalue weighted by Gasteiger charge is -2.14. The van der Waals surface area contributed by atoms with Crippen LogP contribution < -0.4 is 24.4 Å². The normalized spacial score (nSPS) is 10.7. The molecule has 0 spiro atoms. The number of fused-ring (bicyclic) bond motifs is 1. The minimum atomic E-state index is -0.182. The van der Waals surface area contributed by atoms with Gasteiger partial charge in [-0.25, -0.2) is 0 Å². The second kappa shape index (κ2) is 8.83. The van der Waals surface area contributed by atoms with E-state index in [0.29, 0.717) is 34.8 Å². The van der Waals surface area contributed by atoms with Gasteiger partial charge in [0.1, 0.15) is 12.2 Å². The monoisotopic (exact) mass is 418 g/mol. The van der Waals surface area contributed by atoms with Gasteiger partial charge in [-0.2, -0.15) is 0 Å². The second-order valence-electron chi connectivity index (χ2n) is 6.83.